The molecular formula is C14H19N3O2. The van der Waals surface area contributed by atoms with Crippen molar-refractivity contribution in [1.82, 2.24) is 15.6 Å². The third kappa shape index (κ3) is 5.81. The van der Waals surface area contributed by atoms with Gasteiger partial charge in [-0.3, -0.25) is 14.6 Å². The van der Waals surface area contributed by atoms with Gasteiger partial charge in [-0.1, -0.05) is 6.07 Å². The second-order valence-corrected chi connectivity index (χ2v) is 5.23. The topological polar surface area (TPSA) is 71.1 Å². The van der Waals surface area contributed by atoms with E-state index in [2.05, 4.69) is 15.6 Å². The zero-order valence-electron chi connectivity index (χ0n) is 11.7. The van der Waals surface area contributed by atoms with Gasteiger partial charge < -0.3 is 10.6 Å². The number of nitrogens with one attached hydrogen (secondary N) is 2. The molecule has 0 atom stereocenters. The Morgan fingerprint density at radius 1 is 1.32 bits per heavy atom. The van der Waals surface area contributed by atoms with Gasteiger partial charge in [-0.15, -0.1) is 0 Å². The predicted molar refractivity (Wildman–Crippen MR) is 73.9 cm³/mol. The van der Waals surface area contributed by atoms with E-state index >= 15 is 0 Å². The molecule has 5 nitrogen and oxygen atoms in total. The Labute approximate surface area is 113 Å². The maximum absolute atomic E-state index is 12.1. The monoisotopic (exact) mass is 261 g/mol. The molecule has 0 aliphatic heterocycles. The highest BCUT2D eigenvalue weighted by Gasteiger charge is 2.18. The predicted octanol–water partition coefficient (Wildman–Crippen LogP) is 1.47. The third-order valence-electron chi connectivity index (χ3n) is 2.04. The van der Waals surface area contributed by atoms with Crippen LogP contribution in [0.1, 0.15) is 33.3 Å². The van der Waals surface area contributed by atoms with Crippen molar-refractivity contribution >= 4 is 17.9 Å². The Bertz CT molecular complexity index is 487. The summed E-state index contributed by atoms with van der Waals surface area (Å²) in [6, 6.07) is 3.57. The minimum absolute atomic E-state index is 0.204. The lowest BCUT2D eigenvalue weighted by molar-refractivity contribution is -0.123. The molecule has 0 spiro atoms. The minimum atomic E-state index is -0.371. The first kappa shape index (κ1) is 14.9. The van der Waals surface area contributed by atoms with Gasteiger partial charge in [-0.05, 0) is 38.5 Å². The fourth-order valence-corrected chi connectivity index (χ4v) is 1.38. The van der Waals surface area contributed by atoms with E-state index in [1.54, 1.807) is 30.6 Å². The average Bonchev–Trinajstić information content (AvgIpc) is 2.26. The van der Waals surface area contributed by atoms with Gasteiger partial charge in [0.1, 0.15) is 5.70 Å². The van der Waals surface area contributed by atoms with Crippen molar-refractivity contribution < 1.29 is 9.59 Å². The first-order valence-corrected chi connectivity index (χ1v) is 6.00. The maximum atomic E-state index is 12.1. The highest BCUT2D eigenvalue weighted by molar-refractivity contribution is 6.01. The summed E-state index contributed by atoms with van der Waals surface area (Å²) in [5.41, 5.74) is 0.578. The van der Waals surface area contributed by atoms with Crippen LogP contribution in [0.25, 0.3) is 6.08 Å². The smallest absolute Gasteiger partial charge is 0.268 e. The van der Waals surface area contributed by atoms with Crippen LogP contribution >= 0.6 is 0 Å². The number of carbonyl (C=O) groups is 2. The standard InChI is InChI=1S/C14H19N3O2/c1-10(18)16-12(13(19)17-14(2,3)4)8-11-6-5-7-15-9-11/h5-9H,1-4H3,(H,16,18)(H,17,19). The van der Waals surface area contributed by atoms with Gasteiger partial charge in [0.15, 0.2) is 0 Å². The summed E-state index contributed by atoms with van der Waals surface area (Å²) >= 11 is 0. The quantitative estimate of drug-likeness (QED) is 0.809. The zero-order chi connectivity index (χ0) is 14.5. The molecule has 0 aliphatic carbocycles. The zero-order valence-corrected chi connectivity index (χ0v) is 11.7. The Kier molecular flexibility index (Phi) is 4.80. The number of carbonyl (C=O) groups excluding carboxylic acids is 2. The fraction of sp³-hybridized carbons (Fsp3) is 0.357. The summed E-state index contributed by atoms with van der Waals surface area (Å²) in [6.45, 7) is 6.99. The molecule has 0 bridgehead atoms. The number of aromatic nitrogens is 1. The fourth-order valence-electron chi connectivity index (χ4n) is 1.38. The van der Waals surface area contributed by atoms with Gasteiger partial charge in [-0.25, -0.2) is 0 Å². The van der Waals surface area contributed by atoms with Crippen molar-refractivity contribution in [2.24, 2.45) is 0 Å². The van der Waals surface area contributed by atoms with Gasteiger partial charge in [-0.2, -0.15) is 0 Å². The molecule has 2 N–H and O–H groups in total. The van der Waals surface area contributed by atoms with Gasteiger partial charge >= 0.3 is 0 Å². The van der Waals surface area contributed by atoms with Gasteiger partial charge in [0.05, 0.1) is 0 Å². The van der Waals surface area contributed by atoms with E-state index in [-0.39, 0.29) is 23.1 Å². The van der Waals surface area contributed by atoms with Gasteiger partial charge in [0, 0.05) is 24.9 Å². The van der Waals surface area contributed by atoms with Crippen molar-refractivity contribution in [3.05, 3.63) is 35.8 Å². The molecule has 0 saturated heterocycles. The second-order valence-electron chi connectivity index (χ2n) is 5.23. The number of hydrogen-bond acceptors (Lipinski definition) is 3. The van der Waals surface area contributed by atoms with E-state index in [1.165, 1.54) is 6.92 Å². The first-order chi connectivity index (χ1) is 8.78. The van der Waals surface area contributed by atoms with Crippen molar-refractivity contribution in [3.63, 3.8) is 0 Å². The highest BCUT2D eigenvalue weighted by atomic mass is 16.2. The van der Waals surface area contributed by atoms with Crippen LogP contribution in [0.5, 0.6) is 0 Å². The van der Waals surface area contributed by atoms with Crippen LogP contribution in [0.3, 0.4) is 0 Å². The number of amides is 2. The summed E-state index contributed by atoms with van der Waals surface area (Å²) in [7, 11) is 0. The molecule has 2 amide bonds. The van der Waals surface area contributed by atoms with Crippen molar-refractivity contribution in [3.8, 4) is 0 Å². The largest absolute Gasteiger partial charge is 0.346 e. The minimum Gasteiger partial charge on any atom is -0.346 e. The molecule has 1 aromatic rings. The molecule has 0 aliphatic rings. The molecule has 0 unspecified atom stereocenters. The van der Waals surface area contributed by atoms with Crippen molar-refractivity contribution in [2.75, 3.05) is 0 Å². The molecule has 0 saturated carbocycles. The summed E-state index contributed by atoms with van der Waals surface area (Å²) < 4.78 is 0. The molecule has 5 heteroatoms. The SMILES string of the molecule is CC(=O)NC(=Cc1cccnc1)C(=O)NC(C)(C)C. The molecule has 0 fully saturated rings. The van der Waals surface area contributed by atoms with Crippen LogP contribution in [-0.2, 0) is 9.59 Å². The molecule has 1 rings (SSSR count). The molecule has 102 valence electrons. The number of pyridine rings is 1. The molecule has 1 aromatic heterocycles. The van der Waals surface area contributed by atoms with Gasteiger partial charge in [0.25, 0.3) is 5.91 Å². The number of nitrogens with zero attached hydrogens (tertiary/aromatic N) is 1. The molecule has 1 heterocycles. The Morgan fingerprint density at radius 2 is 2.00 bits per heavy atom. The Balaban J connectivity index is 2.98. The van der Waals surface area contributed by atoms with E-state index < -0.39 is 0 Å². The lowest BCUT2D eigenvalue weighted by atomic mass is 10.1. The Morgan fingerprint density at radius 3 is 2.47 bits per heavy atom. The highest BCUT2D eigenvalue weighted by Crippen LogP contribution is 2.06. The lowest BCUT2D eigenvalue weighted by Gasteiger charge is -2.21. The third-order valence-corrected chi connectivity index (χ3v) is 2.04. The Hall–Kier alpha value is -2.17. The van der Waals surface area contributed by atoms with Crippen LogP contribution < -0.4 is 10.6 Å². The summed E-state index contributed by atoms with van der Waals surface area (Å²) in [5, 5.41) is 5.34. The van der Waals surface area contributed by atoms with Crippen molar-refractivity contribution in [2.45, 2.75) is 33.2 Å². The number of hydrogen-bond donors (Lipinski definition) is 2. The van der Waals surface area contributed by atoms with Gasteiger partial charge in [0.2, 0.25) is 5.91 Å². The van der Waals surface area contributed by atoms with E-state index in [0.29, 0.717) is 0 Å². The van der Waals surface area contributed by atoms with E-state index in [4.69, 9.17) is 0 Å². The molecule has 0 radical (unpaired) electrons. The first-order valence-electron chi connectivity index (χ1n) is 6.00. The van der Waals surface area contributed by atoms with E-state index in [1.807, 2.05) is 20.8 Å². The van der Waals surface area contributed by atoms with Crippen molar-refractivity contribution in [1.29, 1.82) is 0 Å². The van der Waals surface area contributed by atoms with E-state index in [0.717, 1.165) is 5.56 Å². The number of rotatable bonds is 3. The maximum Gasteiger partial charge on any atom is 0.268 e. The summed E-state index contributed by atoms with van der Waals surface area (Å²) in [6.07, 6.45) is 4.85. The summed E-state index contributed by atoms with van der Waals surface area (Å²) in [5.74, 6) is -0.620. The summed E-state index contributed by atoms with van der Waals surface area (Å²) in [4.78, 5) is 27.2. The second kappa shape index (κ2) is 6.13. The van der Waals surface area contributed by atoms with Crippen LogP contribution in [0.4, 0.5) is 0 Å². The normalized spacial score (nSPS) is 11.9. The molecule has 19 heavy (non-hydrogen) atoms. The lowest BCUT2D eigenvalue weighted by Crippen LogP contribution is -2.44. The van der Waals surface area contributed by atoms with Crippen LogP contribution in [0, 0.1) is 0 Å². The van der Waals surface area contributed by atoms with Crippen LogP contribution in [0.15, 0.2) is 30.2 Å². The molecular weight excluding hydrogens is 242 g/mol. The molecule has 0 aromatic carbocycles. The van der Waals surface area contributed by atoms with Crippen LogP contribution in [0.2, 0.25) is 0 Å². The van der Waals surface area contributed by atoms with Crippen LogP contribution in [-0.4, -0.2) is 22.3 Å². The van der Waals surface area contributed by atoms with E-state index in [9.17, 15) is 9.59 Å². The average molecular weight is 261 g/mol.